The maximum absolute atomic E-state index is 12.4. The topological polar surface area (TPSA) is 81.7 Å². The fourth-order valence-corrected chi connectivity index (χ4v) is 2.41. The molecule has 1 saturated carbocycles. The number of hydrogen-bond acceptors (Lipinski definition) is 6. The number of Topliss-reactive ketones (excluding diaryl/α,β-unsaturated/α-hetero) is 2. The normalized spacial score (nSPS) is 17.8. The minimum atomic E-state index is -0.690. The van der Waals surface area contributed by atoms with E-state index in [1.807, 2.05) is 20.8 Å². The van der Waals surface area contributed by atoms with Crippen molar-refractivity contribution in [1.29, 1.82) is 0 Å². The van der Waals surface area contributed by atoms with E-state index in [0.717, 1.165) is 6.42 Å². The van der Waals surface area contributed by atoms with E-state index < -0.39 is 11.9 Å². The molecule has 6 heteroatoms. The van der Waals surface area contributed by atoms with E-state index >= 15 is 0 Å². The van der Waals surface area contributed by atoms with Crippen molar-refractivity contribution in [1.82, 2.24) is 5.48 Å². The average Bonchev–Trinajstić information content (AvgIpc) is 2.52. The van der Waals surface area contributed by atoms with E-state index in [4.69, 9.17) is 9.57 Å². The molecule has 0 heterocycles. The maximum atomic E-state index is 12.4. The van der Waals surface area contributed by atoms with Crippen LogP contribution in [-0.2, 0) is 24.0 Å². The lowest BCUT2D eigenvalue weighted by atomic mass is 9.82. The van der Waals surface area contributed by atoms with Gasteiger partial charge in [-0.15, -0.1) is 6.58 Å². The van der Waals surface area contributed by atoms with Crippen LogP contribution in [0.4, 0.5) is 0 Å². The lowest BCUT2D eigenvalue weighted by molar-refractivity contribution is -0.153. The molecule has 1 rings (SSSR count). The zero-order chi connectivity index (χ0) is 18.1. The summed E-state index contributed by atoms with van der Waals surface area (Å²) < 4.78 is 5.15. The molecule has 0 bridgehead atoms. The monoisotopic (exact) mass is 337 g/mol. The van der Waals surface area contributed by atoms with Gasteiger partial charge in [0.1, 0.15) is 0 Å². The molecule has 0 amide bonds. The minimum Gasteiger partial charge on any atom is -0.465 e. The van der Waals surface area contributed by atoms with Crippen molar-refractivity contribution < 1.29 is 24.0 Å². The minimum absolute atomic E-state index is 0.00560. The van der Waals surface area contributed by atoms with Crippen LogP contribution in [0.5, 0.6) is 0 Å². The molecule has 1 aliphatic rings. The van der Waals surface area contributed by atoms with Crippen LogP contribution >= 0.6 is 0 Å². The summed E-state index contributed by atoms with van der Waals surface area (Å²) >= 11 is 0. The lowest BCUT2D eigenvalue weighted by Crippen LogP contribution is -2.34. The Bertz CT molecular complexity index is 502. The van der Waals surface area contributed by atoms with Crippen molar-refractivity contribution in [3.8, 4) is 0 Å². The van der Waals surface area contributed by atoms with Gasteiger partial charge in [-0.1, -0.05) is 33.3 Å². The van der Waals surface area contributed by atoms with Gasteiger partial charge < -0.3 is 4.74 Å². The lowest BCUT2D eigenvalue weighted by Gasteiger charge is -2.23. The van der Waals surface area contributed by atoms with Crippen molar-refractivity contribution >= 4 is 17.5 Å². The average molecular weight is 337 g/mol. The molecule has 0 saturated heterocycles. The molecule has 6 nitrogen and oxygen atoms in total. The van der Waals surface area contributed by atoms with Gasteiger partial charge in [0.15, 0.2) is 11.6 Å². The van der Waals surface area contributed by atoms with Crippen molar-refractivity contribution in [3.05, 3.63) is 23.9 Å². The highest BCUT2D eigenvalue weighted by Gasteiger charge is 2.37. The van der Waals surface area contributed by atoms with Gasteiger partial charge in [-0.2, -0.15) is 0 Å². The van der Waals surface area contributed by atoms with Crippen LogP contribution < -0.4 is 5.48 Å². The summed E-state index contributed by atoms with van der Waals surface area (Å²) in [7, 11) is 0. The Labute approximate surface area is 143 Å². The Morgan fingerprint density at radius 1 is 1.33 bits per heavy atom. The van der Waals surface area contributed by atoms with Crippen LogP contribution in [-0.4, -0.2) is 30.7 Å². The van der Waals surface area contributed by atoms with Gasteiger partial charge in [0, 0.05) is 12.8 Å². The van der Waals surface area contributed by atoms with Crippen molar-refractivity contribution in [3.63, 3.8) is 0 Å². The standard InChI is InChI=1S/C18H27NO5/c1-5-7-14(19-24-8-6-2)17-15(20)9-13(10-16(17)21)18(22)23-11-12(3)4/h6,12-13,19H,2,5,7-11H2,1,3-4H3. The fraction of sp³-hybridized carbons (Fsp3) is 0.611. The third-order valence-corrected chi connectivity index (χ3v) is 3.51. The molecule has 0 spiro atoms. The highest BCUT2D eigenvalue weighted by molar-refractivity contribution is 6.23. The molecular weight excluding hydrogens is 310 g/mol. The molecule has 0 aliphatic heterocycles. The predicted molar refractivity (Wildman–Crippen MR) is 89.8 cm³/mol. The summed E-state index contributed by atoms with van der Waals surface area (Å²) in [4.78, 5) is 42.0. The van der Waals surface area contributed by atoms with Crippen LogP contribution in [0.15, 0.2) is 23.9 Å². The van der Waals surface area contributed by atoms with E-state index in [1.165, 1.54) is 0 Å². The molecular formula is C18H27NO5. The quantitative estimate of drug-likeness (QED) is 0.174. The van der Waals surface area contributed by atoms with Crippen LogP contribution in [0.2, 0.25) is 0 Å². The predicted octanol–water partition coefficient (Wildman–Crippen LogP) is 2.50. The first-order chi connectivity index (χ1) is 11.4. The second kappa shape index (κ2) is 10.0. The highest BCUT2D eigenvalue weighted by atomic mass is 16.6. The van der Waals surface area contributed by atoms with Crippen molar-refractivity contribution in [2.75, 3.05) is 13.2 Å². The Morgan fingerprint density at radius 2 is 1.96 bits per heavy atom. The SMILES string of the molecule is C=CCONC(CCC)=C1C(=O)CC(C(=O)OCC(C)C)CC1=O. The van der Waals surface area contributed by atoms with Gasteiger partial charge in [-0.3, -0.25) is 24.7 Å². The van der Waals surface area contributed by atoms with Gasteiger partial charge >= 0.3 is 5.97 Å². The first-order valence-electron chi connectivity index (χ1n) is 8.35. The van der Waals surface area contributed by atoms with Gasteiger partial charge in [0.05, 0.1) is 30.4 Å². The summed E-state index contributed by atoms with van der Waals surface area (Å²) in [5, 5.41) is 0. The van der Waals surface area contributed by atoms with Gasteiger partial charge in [-0.05, 0) is 12.3 Å². The number of carbonyl (C=O) groups excluding carboxylic acids is 3. The Hall–Kier alpha value is -1.95. The molecule has 0 aromatic heterocycles. The zero-order valence-corrected chi connectivity index (χ0v) is 14.7. The van der Waals surface area contributed by atoms with E-state index in [2.05, 4.69) is 12.1 Å². The molecule has 0 atom stereocenters. The molecule has 1 N–H and O–H groups in total. The van der Waals surface area contributed by atoms with Crippen molar-refractivity contribution in [2.45, 2.75) is 46.5 Å². The number of ketones is 2. The second-order valence-corrected chi connectivity index (χ2v) is 6.28. The van der Waals surface area contributed by atoms with Crippen LogP contribution in [0.1, 0.15) is 46.5 Å². The number of hydroxylamine groups is 1. The first-order valence-corrected chi connectivity index (χ1v) is 8.35. The number of hydrogen-bond donors (Lipinski definition) is 1. The smallest absolute Gasteiger partial charge is 0.309 e. The van der Waals surface area contributed by atoms with Crippen LogP contribution in [0.25, 0.3) is 0 Å². The van der Waals surface area contributed by atoms with E-state index in [-0.39, 0.29) is 42.5 Å². The zero-order valence-electron chi connectivity index (χ0n) is 14.7. The molecule has 1 fully saturated rings. The molecule has 0 aromatic rings. The van der Waals surface area contributed by atoms with Crippen LogP contribution in [0, 0.1) is 11.8 Å². The van der Waals surface area contributed by atoms with E-state index in [9.17, 15) is 14.4 Å². The molecule has 134 valence electrons. The summed E-state index contributed by atoms with van der Waals surface area (Å²) in [5.74, 6) is -1.63. The van der Waals surface area contributed by atoms with E-state index in [1.54, 1.807) is 6.08 Å². The molecule has 1 aliphatic carbocycles. The number of nitrogens with one attached hydrogen (secondary N) is 1. The first kappa shape index (κ1) is 20.1. The number of allylic oxidation sites excluding steroid dienone is 2. The molecule has 0 aromatic carbocycles. The summed E-state index contributed by atoms with van der Waals surface area (Å²) in [5.41, 5.74) is 3.28. The number of rotatable bonds is 9. The Morgan fingerprint density at radius 3 is 2.46 bits per heavy atom. The third kappa shape index (κ3) is 5.92. The number of esters is 1. The largest absolute Gasteiger partial charge is 0.465 e. The fourth-order valence-electron chi connectivity index (χ4n) is 2.41. The third-order valence-electron chi connectivity index (χ3n) is 3.51. The number of carbonyl (C=O) groups is 3. The second-order valence-electron chi connectivity index (χ2n) is 6.28. The molecule has 0 radical (unpaired) electrons. The summed E-state index contributed by atoms with van der Waals surface area (Å²) in [6.07, 6.45) is 2.82. The van der Waals surface area contributed by atoms with Crippen molar-refractivity contribution in [2.24, 2.45) is 11.8 Å². The van der Waals surface area contributed by atoms with Gasteiger partial charge in [0.2, 0.25) is 0 Å². The Kier molecular flexibility index (Phi) is 8.40. The maximum Gasteiger partial charge on any atom is 0.309 e. The number of ether oxygens (including phenoxy) is 1. The summed E-state index contributed by atoms with van der Waals surface area (Å²) in [6.45, 7) is 9.89. The van der Waals surface area contributed by atoms with E-state index in [0.29, 0.717) is 18.7 Å². The Balaban J connectivity index is 2.84. The van der Waals surface area contributed by atoms with Crippen LogP contribution in [0.3, 0.4) is 0 Å². The molecule has 0 unspecified atom stereocenters. The molecule has 24 heavy (non-hydrogen) atoms. The van der Waals surface area contributed by atoms with Gasteiger partial charge in [0.25, 0.3) is 0 Å². The van der Waals surface area contributed by atoms with Gasteiger partial charge in [-0.25, -0.2) is 0 Å². The highest BCUT2D eigenvalue weighted by Crippen LogP contribution is 2.27. The summed E-state index contributed by atoms with van der Waals surface area (Å²) in [6, 6.07) is 0.